The Bertz CT molecular complexity index is 670. The summed E-state index contributed by atoms with van der Waals surface area (Å²) in [6.07, 6.45) is 5.01. The molecule has 1 unspecified atom stereocenters. The molecular weight excluding hydrogens is 264 g/mol. The second kappa shape index (κ2) is 4.43. The Balaban J connectivity index is 2.11. The number of nitrogens with zero attached hydrogens (tertiary/aromatic N) is 2. The van der Waals surface area contributed by atoms with E-state index in [1.54, 1.807) is 23.3 Å². The Morgan fingerprint density at radius 2 is 2.00 bits per heavy atom. The summed E-state index contributed by atoms with van der Waals surface area (Å²) in [4.78, 5) is 13.1. The van der Waals surface area contributed by atoms with E-state index >= 15 is 0 Å². The van der Waals surface area contributed by atoms with Crippen molar-refractivity contribution >= 4 is 29.1 Å². The molecular formula is C14H10ClN2O2+. The van der Waals surface area contributed by atoms with Gasteiger partial charge in [-0.1, -0.05) is 29.8 Å². The fraction of sp³-hybridized carbons (Fsp3) is 0.0714. The van der Waals surface area contributed by atoms with Gasteiger partial charge < -0.3 is 5.11 Å². The molecule has 0 saturated heterocycles. The zero-order valence-corrected chi connectivity index (χ0v) is 10.6. The van der Waals surface area contributed by atoms with Gasteiger partial charge in [-0.05, 0) is 18.2 Å². The molecule has 94 valence electrons. The first-order valence-corrected chi connectivity index (χ1v) is 6.12. The average molecular weight is 274 g/mol. The van der Waals surface area contributed by atoms with Crippen molar-refractivity contribution in [2.75, 3.05) is 0 Å². The number of hydrogen-bond donors (Lipinski definition) is 1. The van der Waals surface area contributed by atoms with Crippen LogP contribution in [0, 0.1) is 0 Å². The minimum Gasteiger partial charge on any atom is -0.478 e. The summed E-state index contributed by atoms with van der Waals surface area (Å²) < 4.78 is 4.41. The molecule has 0 bridgehead atoms. The van der Waals surface area contributed by atoms with Crippen LogP contribution >= 0.6 is 11.6 Å². The summed E-state index contributed by atoms with van der Waals surface area (Å²) in [6.45, 7) is 0. The number of halogens is 1. The molecule has 0 aliphatic carbocycles. The van der Waals surface area contributed by atoms with E-state index in [0.29, 0.717) is 16.6 Å². The second-order valence-electron chi connectivity index (χ2n) is 4.22. The largest absolute Gasteiger partial charge is 0.478 e. The van der Waals surface area contributed by atoms with Crippen LogP contribution in [0.5, 0.6) is 0 Å². The molecule has 0 spiro atoms. The first-order chi connectivity index (χ1) is 9.16. The van der Waals surface area contributed by atoms with E-state index in [-0.39, 0.29) is 0 Å². The molecule has 0 amide bonds. The molecule has 4 nitrogen and oxygen atoms in total. The topological polar surface area (TPSA) is 54.6 Å². The van der Waals surface area contributed by atoms with E-state index in [9.17, 15) is 9.90 Å². The summed E-state index contributed by atoms with van der Waals surface area (Å²) in [7, 11) is 0. The van der Waals surface area contributed by atoms with Gasteiger partial charge in [-0.2, -0.15) is 4.90 Å². The molecule has 0 fully saturated rings. The van der Waals surface area contributed by atoms with Crippen molar-refractivity contribution in [1.82, 2.24) is 9.57 Å². The van der Waals surface area contributed by atoms with Gasteiger partial charge in [0.2, 0.25) is 0 Å². The van der Waals surface area contributed by atoms with Crippen LogP contribution < -0.4 is 4.67 Å². The van der Waals surface area contributed by atoms with Gasteiger partial charge in [0.15, 0.2) is 0 Å². The molecule has 19 heavy (non-hydrogen) atoms. The molecule has 2 aliphatic heterocycles. The lowest BCUT2D eigenvalue weighted by atomic mass is 10.0. The predicted molar refractivity (Wildman–Crippen MR) is 74.0 cm³/mol. The van der Waals surface area contributed by atoms with Crippen molar-refractivity contribution in [2.24, 2.45) is 0 Å². The van der Waals surface area contributed by atoms with Crippen LogP contribution in [0.2, 0.25) is 0 Å². The van der Waals surface area contributed by atoms with E-state index in [1.807, 2.05) is 30.3 Å². The van der Waals surface area contributed by atoms with E-state index in [0.717, 1.165) is 5.56 Å². The number of aliphatic carboxylic acids is 1. The molecule has 1 atom stereocenters. The maximum absolute atomic E-state index is 11.5. The van der Waals surface area contributed by atoms with Crippen molar-refractivity contribution < 1.29 is 9.90 Å². The number of carboxylic acids is 1. The average Bonchev–Trinajstić information content (AvgIpc) is 2.78. The molecule has 2 aliphatic rings. The van der Waals surface area contributed by atoms with Crippen LogP contribution in [0.1, 0.15) is 5.56 Å². The minimum atomic E-state index is -0.950. The zero-order chi connectivity index (χ0) is 13.4. The summed E-state index contributed by atoms with van der Waals surface area (Å²) in [5.41, 5.74) is 1.32. The van der Waals surface area contributed by atoms with Gasteiger partial charge in [0.05, 0.1) is 5.03 Å². The molecule has 1 N–H and O–H groups in total. The number of fused-ring (bicyclic) bond motifs is 1. The molecule has 2 heterocycles. The number of hydrogen-bond acceptors (Lipinski definition) is 2. The van der Waals surface area contributed by atoms with Crippen LogP contribution in [0.25, 0.3) is 0 Å². The number of carbonyl (C=O) groups is 1. The zero-order valence-electron chi connectivity index (χ0n) is 9.82. The number of carboxylic acid groups (broad SMARTS) is 1. The van der Waals surface area contributed by atoms with E-state index in [2.05, 4.69) is 4.67 Å². The SMILES string of the molecule is O=C(O)C1C(c2ccccc2)=[N+]=C2C=CC(Cl)=CN21. The third-order valence-electron chi connectivity index (χ3n) is 2.99. The smallest absolute Gasteiger partial charge is 0.376 e. The van der Waals surface area contributed by atoms with Crippen molar-refractivity contribution in [3.63, 3.8) is 0 Å². The quantitative estimate of drug-likeness (QED) is 0.828. The van der Waals surface area contributed by atoms with Gasteiger partial charge in [-0.25, -0.2) is 9.46 Å². The van der Waals surface area contributed by atoms with Crippen molar-refractivity contribution in [1.29, 1.82) is 0 Å². The summed E-state index contributed by atoms with van der Waals surface area (Å²) in [6, 6.07) is 8.46. The highest BCUT2D eigenvalue weighted by Crippen LogP contribution is 2.20. The van der Waals surface area contributed by atoms with Gasteiger partial charge in [0.1, 0.15) is 6.20 Å². The van der Waals surface area contributed by atoms with Crippen molar-refractivity contribution in [3.05, 3.63) is 59.3 Å². The third-order valence-corrected chi connectivity index (χ3v) is 3.22. The number of amidine groups is 1. The van der Waals surface area contributed by atoms with Crippen molar-refractivity contribution in [2.45, 2.75) is 6.04 Å². The maximum Gasteiger partial charge on any atom is 0.376 e. The fourth-order valence-corrected chi connectivity index (χ4v) is 2.34. The molecule has 0 aromatic heterocycles. The van der Waals surface area contributed by atoms with Gasteiger partial charge in [-0.15, -0.1) is 0 Å². The van der Waals surface area contributed by atoms with Crippen LogP contribution in [0.4, 0.5) is 0 Å². The number of allylic oxidation sites excluding steroid dienone is 2. The lowest BCUT2D eigenvalue weighted by Gasteiger charge is -2.14. The monoisotopic (exact) mass is 273 g/mol. The minimum absolute atomic E-state index is 0.486. The molecule has 0 radical (unpaired) electrons. The Morgan fingerprint density at radius 3 is 2.68 bits per heavy atom. The van der Waals surface area contributed by atoms with Gasteiger partial charge >= 0.3 is 11.8 Å². The van der Waals surface area contributed by atoms with Crippen LogP contribution in [0.15, 0.2) is 53.7 Å². The lowest BCUT2D eigenvalue weighted by molar-refractivity contribution is -0.138. The Morgan fingerprint density at radius 1 is 1.26 bits per heavy atom. The lowest BCUT2D eigenvalue weighted by Crippen LogP contribution is -2.43. The highest BCUT2D eigenvalue weighted by atomic mass is 35.5. The summed E-state index contributed by atoms with van der Waals surface area (Å²) >= 11 is 5.92. The molecule has 5 heteroatoms. The molecule has 3 rings (SSSR count). The van der Waals surface area contributed by atoms with Gasteiger partial charge in [0.25, 0.3) is 11.8 Å². The highest BCUT2D eigenvalue weighted by Gasteiger charge is 2.47. The Kier molecular flexibility index (Phi) is 2.75. The van der Waals surface area contributed by atoms with Crippen LogP contribution in [-0.2, 0) is 4.79 Å². The third kappa shape index (κ3) is 1.97. The van der Waals surface area contributed by atoms with E-state index < -0.39 is 12.0 Å². The van der Waals surface area contributed by atoms with Crippen LogP contribution in [-0.4, -0.2) is 33.6 Å². The molecule has 1 aromatic carbocycles. The second-order valence-corrected chi connectivity index (χ2v) is 4.65. The van der Waals surface area contributed by atoms with Gasteiger partial charge in [0, 0.05) is 11.6 Å². The summed E-state index contributed by atoms with van der Waals surface area (Å²) in [5, 5.41) is 9.92. The molecule has 1 aromatic rings. The Hall–Kier alpha value is -2.29. The highest BCUT2D eigenvalue weighted by molar-refractivity contribution is 6.32. The molecule has 0 saturated carbocycles. The first kappa shape index (κ1) is 11.8. The number of rotatable bonds is 2. The van der Waals surface area contributed by atoms with Crippen LogP contribution in [0.3, 0.4) is 0 Å². The standard InChI is InChI=1S/C14H9ClN2O2/c15-10-6-7-11-16-12(9-4-2-1-3-5-9)13(14(18)19)17(11)8-10/h1-8,13H/p+1. The summed E-state index contributed by atoms with van der Waals surface area (Å²) in [5.74, 6) is -0.357. The fourth-order valence-electron chi connectivity index (χ4n) is 2.17. The van der Waals surface area contributed by atoms with Gasteiger partial charge in [-0.3, -0.25) is 0 Å². The number of benzene rings is 1. The van der Waals surface area contributed by atoms with Crippen molar-refractivity contribution in [3.8, 4) is 0 Å². The predicted octanol–water partition coefficient (Wildman–Crippen LogP) is 1.36. The Labute approximate surface area is 114 Å². The normalized spacial score (nSPS) is 20.6. The maximum atomic E-state index is 11.5. The first-order valence-electron chi connectivity index (χ1n) is 5.74. The van der Waals surface area contributed by atoms with E-state index in [1.165, 1.54) is 0 Å². The van der Waals surface area contributed by atoms with E-state index in [4.69, 9.17) is 11.6 Å².